The Balaban J connectivity index is 1.59. The Morgan fingerprint density at radius 2 is 1.92 bits per heavy atom. The van der Waals surface area contributed by atoms with E-state index in [-0.39, 0.29) is 23.3 Å². The molecule has 0 amide bonds. The largest absolute Gasteiger partial charge is 0.462 e. The van der Waals surface area contributed by atoms with E-state index in [1.54, 1.807) is 0 Å². The van der Waals surface area contributed by atoms with Gasteiger partial charge in [0.05, 0.1) is 5.03 Å². The first-order valence-corrected chi connectivity index (χ1v) is 9.88. The number of rotatable bonds is 1. The predicted octanol–water partition coefficient (Wildman–Crippen LogP) is 4.63. The molecule has 0 aromatic rings. The quantitative estimate of drug-likeness (QED) is 0.648. The molecule has 0 aromatic carbocycles. The molecule has 4 rings (SSSR count). The van der Waals surface area contributed by atoms with Crippen LogP contribution in [0, 0.1) is 29.1 Å². The average Bonchev–Trinajstić information content (AvgIpc) is 2.87. The standard InChI is InChI=1S/C20H27ClO3/c1-11(22)24-18-8-6-16-14-3-4-15-12(5-7-17(23)19(15)21)13(14)9-10-20(16,18)2/h12-14,16,18H,3-10H2,1-2H3/t12-,13-,14+,16+,18+,20+/m1/s1. The van der Waals surface area contributed by atoms with Crippen molar-refractivity contribution in [1.29, 1.82) is 0 Å². The van der Waals surface area contributed by atoms with Crippen LogP contribution in [-0.2, 0) is 14.3 Å². The molecule has 0 heterocycles. The number of hydrogen-bond acceptors (Lipinski definition) is 3. The van der Waals surface area contributed by atoms with Crippen molar-refractivity contribution in [3.05, 3.63) is 10.6 Å². The highest BCUT2D eigenvalue weighted by Crippen LogP contribution is 2.62. The third-order valence-electron chi connectivity index (χ3n) is 7.63. The van der Waals surface area contributed by atoms with Gasteiger partial charge in [-0.3, -0.25) is 9.59 Å². The van der Waals surface area contributed by atoms with Crippen molar-refractivity contribution >= 4 is 23.4 Å². The minimum Gasteiger partial charge on any atom is -0.462 e. The smallest absolute Gasteiger partial charge is 0.302 e. The Morgan fingerprint density at radius 3 is 2.67 bits per heavy atom. The van der Waals surface area contributed by atoms with E-state index in [1.807, 2.05) is 0 Å². The van der Waals surface area contributed by atoms with Gasteiger partial charge in [-0.05, 0) is 74.2 Å². The number of fused-ring (bicyclic) bond motifs is 5. The number of allylic oxidation sites excluding steroid dienone is 1. The van der Waals surface area contributed by atoms with Gasteiger partial charge in [0, 0.05) is 18.8 Å². The molecule has 0 N–H and O–H groups in total. The summed E-state index contributed by atoms with van der Waals surface area (Å²) in [7, 11) is 0. The molecule has 4 heteroatoms. The summed E-state index contributed by atoms with van der Waals surface area (Å²) in [5.41, 5.74) is 1.40. The lowest BCUT2D eigenvalue weighted by Crippen LogP contribution is -2.48. The summed E-state index contributed by atoms with van der Waals surface area (Å²) in [5.74, 6) is 2.55. The molecule has 0 saturated heterocycles. The molecule has 0 radical (unpaired) electrons. The number of Topliss-reactive ketones (excluding diaryl/α,β-unsaturated/α-hetero) is 1. The normalized spacial score (nSPS) is 44.6. The van der Waals surface area contributed by atoms with Crippen molar-refractivity contribution < 1.29 is 14.3 Å². The van der Waals surface area contributed by atoms with E-state index < -0.39 is 0 Å². The molecule has 3 saturated carbocycles. The number of esters is 1. The molecular weight excluding hydrogens is 324 g/mol. The number of carbonyl (C=O) groups excluding carboxylic acids is 2. The maximum atomic E-state index is 12.0. The highest BCUT2D eigenvalue weighted by molar-refractivity contribution is 6.43. The number of halogens is 1. The molecule has 0 unspecified atom stereocenters. The molecule has 0 bridgehead atoms. The number of hydrogen-bond donors (Lipinski definition) is 0. The van der Waals surface area contributed by atoms with Gasteiger partial charge in [0.1, 0.15) is 6.10 Å². The second kappa shape index (κ2) is 5.86. The fourth-order valence-corrected chi connectivity index (χ4v) is 6.91. The Morgan fingerprint density at radius 1 is 1.12 bits per heavy atom. The van der Waals surface area contributed by atoms with Crippen LogP contribution in [0.2, 0.25) is 0 Å². The SMILES string of the molecule is CC(=O)O[C@H]1CC[C@H]2[C@H]3CCC4=C(Cl)C(=O)CC[C@@H]4[C@H]3CC[C@]12C. The first-order chi connectivity index (χ1) is 11.4. The van der Waals surface area contributed by atoms with E-state index >= 15 is 0 Å². The molecule has 0 aromatic heterocycles. The van der Waals surface area contributed by atoms with Crippen LogP contribution < -0.4 is 0 Å². The fraction of sp³-hybridized carbons (Fsp3) is 0.800. The van der Waals surface area contributed by atoms with Crippen molar-refractivity contribution in [1.82, 2.24) is 0 Å². The molecule has 3 fully saturated rings. The Labute approximate surface area is 149 Å². The van der Waals surface area contributed by atoms with Gasteiger partial charge in [0.25, 0.3) is 0 Å². The molecule has 6 atom stereocenters. The third kappa shape index (κ3) is 2.38. The van der Waals surface area contributed by atoms with Gasteiger partial charge < -0.3 is 4.74 Å². The lowest BCUT2D eigenvalue weighted by molar-refractivity contribution is -0.156. The number of carbonyl (C=O) groups is 2. The van der Waals surface area contributed by atoms with Crippen LogP contribution in [0.4, 0.5) is 0 Å². The van der Waals surface area contributed by atoms with E-state index in [2.05, 4.69) is 6.92 Å². The van der Waals surface area contributed by atoms with E-state index in [0.29, 0.717) is 35.1 Å². The fourth-order valence-electron chi connectivity index (χ4n) is 6.58. The van der Waals surface area contributed by atoms with Crippen LogP contribution in [0.5, 0.6) is 0 Å². The van der Waals surface area contributed by atoms with Crippen LogP contribution in [0.1, 0.15) is 65.2 Å². The maximum Gasteiger partial charge on any atom is 0.302 e. The molecule has 0 spiro atoms. The lowest BCUT2D eigenvalue weighted by Gasteiger charge is -2.53. The Bertz CT molecular complexity index is 610. The van der Waals surface area contributed by atoms with E-state index in [4.69, 9.17) is 16.3 Å². The minimum atomic E-state index is -0.143. The number of ether oxygens (including phenoxy) is 1. The maximum absolute atomic E-state index is 12.0. The summed E-state index contributed by atoms with van der Waals surface area (Å²) in [6.07, 6.45) is 8.33. The Hall–Kier alpha value is -0.830. The lowest BCUT2D eigenvalue weighted by atomic mass is 9.52. The van der Waals surface area contributed by atoms with Crippen LogP contribution in [0.25, 0.3) is 0 Å². The number of ketones is 1. The van der Waals surface area contributed by atoms with Crippen molar-refractivity contribution in [2.45, 2.75) is 71.3 Å². The summed E-state index contributed by atoms with van der Waals surface area (Å²) in [6, 6.07) is 0. The van der Waals surface area contributed by atoms with Crippen LogP contribution in [-0.4, -0.2) is 17.9 Å². The molecule has 4 aliphatic carbocycles. The first kappa shape index (κ1) is 16.6. The summed E-state index contributed by atoms with van der Waals surface area (Å²) in [5, 5.41) is 0.558. The highest BCUT2D eigenvalue weighted by atomic mass is 35.5. The topological polar surface area (TPSA) is 43.4 Å². The van der Waals surface area contributed by atoms with Gasteiger partial charge in [0.15, 0.2) is 5.78 Å². The minimum absolute atomic E-state index is 0.0920. The van der Waals surface area contributed by atoms with Crippen molar-refractivity contribution in [2.75, 3.05) is 0 Å². The molecular formula is C20H27ClO3. The summed E-state index contributed by atoms with van der Waals surface area (Å²) in [6.45, 7) is 3.87. The van der Waals surface area contributed by atoms with Crippen molar-refractivity contribution in [3.63, 3.8) is 0 Å². The van der Waals surface area contributed by atoms with E-state index in [1.165, 1.54) is 25.3 Å². The van der Waals surface area contributed by atoms with Crippen LogP contribution in [0.3, 0.4) is 0 Å². The van der Waals surface area contributed by atoms with Gasteiger partial charge in [-0.25, -0.2) is 0 Å². The van der Waals surface area contributed by atoms with Crippen molar-refractivity contribution in [3.8, 4) is 0 Å². The zero-order valence-electron chi connectivity index (χ0n) is 14.6. The molecule has 4 aliphatic rings. The first-order valence-electron chi connectivity index (χ1n) is 9.50. The average molecular weight is 351 g/mol. The molecule has 132 valence electrons. The van der Waals surface area contributed by atoms with Gasteiger partial charge in [-0.2, -0.15) is 0 Å². The van der Waals surface area contributed by atoms with Gasteiger partial charge >= 0.3 is 5.97 Å². The van der Waals surface area contributed by atoms with Gasteiger partial charge in [0.2, 0.25) is 0 Å². The van der Waals surface area contributed by atoms with Crippen LogP contribution >= 0.6 is 11.6 Å². The Kier molecular flexibility index (Phi) is 4.06. The zero-order valence-corrected chi connectivity index (χ0v) is 15.4. The monoisotopic (exact) mass is 350 g/mol. The summed E-state index contributed by atoms with van der Waals surface area (Å²) < 4.78 is 5.69. The van der Waals surface area contributed by atoms with Crippen molar-refractivity contribution in [2.24, 2.45) is 29.1 Å². The summed E-state index contributed by atoms with van der Waals surface area (Å²) >= 11 is 6.36. The predicted molar refractivity (Wildman–Crippen MR) is 92.4 cm³/mol. The summed E-state index contributed by atoms with van der Waals surface area (Å²) in [4.78, 5) is 23.4. The van der Waals surface area contributed by atoms with Gasteiger partial charge in [-0.1, -0.05) is 18.5 Å². The molecule has 0 aliphatic heterocycles. The third-order valence-corrected chi connectivity index (χ3v) is 8.09. The van der Waals surface area contributed by atoms with Crippen LogP contribution in [0.15, 0.2) is 10.6 Å². The second-order valence-electron chi connectivity index (χ2n) is 8.60. The zero-order chi connectivity index (χ0) is 17.1. The van der Waals surface area contributed by atoms with E-state index in [9.17, 15) is 9.59 Å². The van der Waals surface area contributed by atoms with Gasteiger partial charge in [-0.15, -0.1) is 0 Å². The van der Waals surface area contributed by atoms with E-state index in [0.717, 1.165) is 32.1 Å². The molecule has 24 heavy (non-hydrogen) atoms. The highest BCUT2D eigenvalue weighted by Gasteiger charge is 2.57. The molecule has 3 nitrogen and oxygen atoms in total. The second-order valence-corrected chi connectivity index (χ2v) is 8.98.